The van der Waals surface area contributed by atoms with Crippen molar-refractivity contribution in [1.82, 2.24) is 3.94 Å². The number of hydrogen-bond donors (Lipinski definition) is 1. The van der Waals surface area contributed by atoms with Crippen LogP contribution in [-0.4, -0.2) is 29.6 Å². The molecule has 0 aromatic carbocycles. The zero-order chi connectivity index (χ0) is 11.9. The van der Waals surface area contributed by atoms with Crippen LogP contribution in [0.1, 0.15) is 46.5 Å². The SMILES string of the molecule is CCCCCC[NH+](C)CC(C)(C)N(Cl)Cl. The minimum absolute atomic E-state index is 0.155. The van der Waals surface area contributed by atoms with Crippen LogP contribution in [0.5, 0.6) is 0 Å². The van der Waals surface area contributed by atoms with Gasteiger partial charge in [0.2, 0.25) is 0 Å². The summed E-state index contributed by atoms with van der Waals surface area (Å²) in [6.45, 7) is 8.51. The Morgan fingerprint density at radius 2 is 1.73 bits per heavy atom. The molecular formula is C11H25Cl2N2+. The summed E-state index contributed by atoms with van der Waals surface area (Å²) >= 11 is 11.6. The molecule has 15 heavy (non-hydrogen) atoms. The molecule has 0 aliphatic carbocycles. The summed E-state index contributed by atoms with van der Waals surface area (Å²) < 4.78 is 1.27. The van der Waals surface area contributed by atoms with Gasteiger partial charge in [-0.05, 0) is 50.2 Å². The van der Waals surface area contributed by atoms with Crippen LogP contribution in [0.4, 0.5) is 0 Å². The zero-order valence-corrected chi connectivity index (χ0v) is 12.0. The van der Waals surface area contributed by atoms with E-state index < -0.39 is 0 Å². The molecular weight excluding hydrogens is 231 g/mol. The van der Waals surface area contributed by atoms with E-state index in [1.807, 2.05) is 0 Å². The van der Waals surface area contributed by atoms with Crippen LogP contribution in [-0.2, 0) is 0 Å². The van der Waals surface area contributed by atoms with E-state index >= 15 is 0 Å². The van der Waals surface area contributed by atoms with Crippen molar-refractivity contribution in [1.29, 1.82) is 0 Å². The first-order chi connectivity index (χ1) is 6.90. The Labute approximate surface area is 105 Å². The van der Waals surface area contributed by atoms with E-state index in [1.165, 1.54) is 41.1 Å². The third-order valence-electron chi connectivity index (χ3n) is 2.65. The summed E-state index contributed by atoms with van der Waals surface area (Å²) in [6, 6.07) is 0. The molecule has 0 aromatic heterocycles. The van der Waals surface area contributed by atoms with Gasteiger partial charge in [0.1, 0.15) is 0 Å². The molecule has 0 fully saturated rings. The van der Waals surface area contributed by atoms with Gasteiger partial charge in [0, 0.05) is 0 Å². The van der Waals surface area contributed by atoms with E-state index in [4.69, 9.17) is 23.6 Å². The van der Waals surface area contributed by atoms with Crippen molar-refractivity contribution in [3.63, 3.8) is 0 Å². The van der Waals surface area contributed by atoms with Gasteiger partial charge < -0.3 is 4.90 Å². The summed E-state index contributed by atoms with van der Waals surface area (Å²) in [5.41, 5.74) is -0.155. The smallest absolute Gasteiger partial charge is 0.0977 e. The maximum absolute atomic E-state index is 5.78. The summed E-state index contributed by atoms with van der Waals surface area (Å²) in [7, 11) is 2.20. The molecule has 1 unspecified atom stereocenters. The molecule has 2 nitrogen and oxygen atoms in total. The third kappa shape index (κ3) is 7.40. The predicted octanol–water partition coefficient (Wildman–Crippen LogP) is 2.47. The second kappa shape index (κ2) is 7.72. The Bertz CT molecular complexity index is 161. The van der Waals surface area contributed by atoms with Crippen LogP contribution in [0.15, 0.2) is 0 Å². The van der Waals surface area contributed by atoms with Gasteiger partial charge in [0.25, 0.3) is 0 Å². The molecule has 0 radical (unpaired) electrons. The standard InChI is InChI=1S/C11H24Cl2N2/c1-5-6-7-8-9-14(4)10-11(2,3)15(12)13/h5-10H2,1-4H3/p+1. The van der Waals surface area contributed by atoms with Crippen molar-refractivity contribution in [2.45, 2.75) is 52.0 Å². The van der Waals surface area contributed by atoms with Crippen molar-refractivity contribution in [3.05, 3.63) is 0 Å². The molecule has 92 valence electrons. The van der Waals surface area contributed by atoms with E-state index in [-0.39, 0.29) is 5.54 Å². The summed E-state index contributed by atoms with van der Waals surface area (Å²) in [6.07, 6.45) is 5.26. The number of rotatable bonds is 8. The minimum atomic E-state index is -0.155. The van der Waals surface area contributed by atoms with Gasteiger partial charge in [0.05, 0.1) is 25.7 Å². The highest BCUT2D eigenvalue weighted by Gasteiger charge is 2.28. The van der Waals surface area contributed by atoms with Crippen molar-refractivity contribution < 1.29 is 4.90 Å². The van der Waals surface area contributed by atoms with Gasteiger partial charge in [0.15, 0.2) is 0 Å². The summed E-state index contributed by atoms with van der Waals surface area (Å²) in [4.78, 5) is 1.49. The Morgan fingerprint density at radius 1 is 1.13 bits per heavy atom. The highest BCUT2D eigenvalue weighted by molar-refractivity contribution is 6.34. The molecule has 1 atom stereocenters. The Hall–Kier alpha value is 0.500. The van der Waals surface area contributed by atoms with E-state index in [0.717, 1.165) is 6.54 Å². The van der Waals surface area contributed by atoms with Gasteiger partial charge in [-0.25, -0.2) is 0 Å². The molecule has 0 saturated heterocycles. The van der Waals surface area contributed by atoms with Crippen molar-refractivity contribution >= 4 is 23.6 Å². The fraction of sp³-hybridized carbons (Fsp3) is 1.00. The molecule has 0 spiro atoms. The van der Waals surface area contributed by atoms with Crippen LogP contribution in [0, 0.1) is 0 Å². The molecule has 0 aliphatic rings. The van der Waals surface area contributed by atoms with Gasteiger partial charge >= 0.3 is 0 Å². The lowest BCUT2D eigenvalue weighted by atomic mass is 10.1. The van der Waals surface area contributed by atoms with Crippen LogP contribution < -0.4 is 4.90 Å². The van der Waals surface area contributed by atoms with Gasteiger partial charge in [-0.2, -0.15) is 0 Å². The maximum atomic E-state index is 5.78. The molecule has 4 heteroatoms. The second-order valence-corrected chi connectivity index (χ2v) is 5.84. The highest BCUT2D eigenvalue weighted by atomic mass is 35.5. The molecule has 0 heterocycles. The molecule has 0 saturated carbocycles. The van der Waals surface area contributed by atoms with E-state index in [2.05, 4.69) is 27.8 Å². The van der Waals surface area contributed by atoms with Crippen molar-refractivity contribution in [2.24, 2.45) is 0 Å². The minimum Gasteiger partial charge on any atom is -0.336 e. The van der Waals surface area contributed by atoms with Crippen LogP contribution in [0.2, 0.25) is 0 Å². The van der Waals surface area contributed by atoms with Gasteiger partial charge in [-0.15, -0.1) is 3.94 Å². The lowest BCUT2D eigenvalue weighted by molar-refractivity contribution is -0.884. The van der Waals surface area contributed by atoms with Gasteiger partial charge in [-0.1, -0.05) is 19.8 Å². The molecule has 0 aliphatic heterocycles. The third-order valence-corrected chi connectivity index (χ3v) is 3.56. The number of unbranched alkanes of at least 4 members (excludes halogenated alkanes) is 3. The lowest BCUT2D eigenvalue weighted by Gasteiger charge is -2.29. The first-order valence-corrected chi connectivity index (χ1v) is 6.51. The molecule has 0 bridgehead atoms. The predicted molar refractivity (Wildman–Crippen MR) is 68.4 cm³/mol. The average molecular weight is 256 g/mol. The topological polar surface area (TPSA) is 7.68 Å². The fourth-order valence-corrected chi connectivity index (χ4v) is 1.86. The van der Waals surface area contributed by atoms with Crippen LogP contribution >= 0.6 is 23.6 Å². The molecule has 0 aromatic rings. The number of nitrogens with zero attached hydrogens (tertiary/aromatic N) is 1. The highest BCUT2D eigenvalue weighted by Crippen LogP contribution is 2.17. The van der Waals surface area contributed by atoms with Crippen LogP contribution in [0.3, 0.4) is 0 Å². The fourth-order valence-electron chi connectivity index (χ4n) is 1.74. The maximum Gasteiger partial charge on any atom is 0.0977 e. The second-order valence-electron chi connectivity index (χ2n) is 4.99. The van der Waals surface area contributed by atoms with Gasteiger partial charge in [-0.3, -0.25) is 0 Å². The molecule has 1 N–H and O–H groups in total. The summed E-state index contributed by atoms with van der Waals surface area (Å²) in [5.74, 6) is 0. The largest absolute Gasteiger partial charge is 0.336 e. The number of hydrogen-bond acceptors (Lipinski definition) is 1. The Morgan fingerprint density at radius 3 is 2.20 bits per heavy atom. The van der Waals surface area contributed by atoms with Crippen molar-refractivity contribution in [3.8, 4) is 0 Å². The Kier molecular flexibility index (Phi) is 7.98. The van der Waals surface area contributed by atoms with E-state index in [1.54, 1.807) is 0 Å². The zero-order valence-electron chi connectivity index (χ0n) is 10.4. The average Bonchev–Trinajstić information content (AvgIpc) is 2.11. The monoisotopic (exact) mass is 255 g/mol. The number of likely N-dealkylation sites (N-methyl/N-ethyl adjacent to an activating group) is 1. The summed E-state index contributed by atoms with van der Waals surface area (Å²) in [5, 5.41) is 0. The van der Waals surface area contributed by atoms with Crippen molar-refractivity contribution in [2.75, 3.05) is 20.1 Å². The lowest BCUT2D eigenvalue weighted by Crippen LogP contribution is -3.11. The Balaban J connectivity index is 3.68. The number of halogens is 2. The first kappa shape index (κ1) is 15.5. The number of quaternary nitrogens is 1. The number of nitrogens with one attached hydrogen (secondary N) is 1. The molecule has 0 rings (SSSR count). The normalized spacial score (nSPS) is 14.6. The van der Waals surface area contributed by atoms with E-state index in [9.17, 15) is 0 Å². The van der Waals surface area contributed by atoms with Crippen LogP contribution in [0.25, 0.3) is 0 Å². The quantitative estimate of drug-likeness (QED) is 0.518. The first-order valence-electron chi connectivity index (χ1n) is 5.83. The molecule has 0 amide bonds. The van der Waals surface area contributed by atoms with E-state index in [0.29, 0.717) is 0 Å².